The number of hydrogen-bond acceptors (Lipinski definition) is 4. The molecule has 3 atom stereocenters. The molecule has 0 spiro atoms. The first kappa shape index (κ1) is 30.6. The van der Waals surface area contributed by atoms with Gasteiger partial charge in [-0.25, -0.2) is 4.79 Å². The molecule has 40 heavy (non-hydrogen) atoms. The Morgan fingerprint density at radius 1 is 1.02 bits per heavy atom. The Hall–Kier alpha value is -2.31. The van der Waals surface area contributed by atoms with Gasteiger partial charge >= 0.3 is 5.97 Å². The zero-order chi connectivity index (χ0) is 28.5. The summed E-state index contributed by atoms with van der Waals surface area (Å²) in [6.07, 6.45) is 15.6. The van der Waals surface area contributed by atoms with Crippen LogP contribution in [0.5, 0.6) is 0 Å². The predicted octanol–water partition coefficient (Wildman–Crippen LogP) is 7.70. The number of carboxylic acids is 1. The van der Waals surface area contributed by atoms with Crippen molar-refractivity contribution >= 4 is 23.6 Å². The van der Waals surface area contributed by atoms with Gasteiger partial charge < -0.3 is 10.4 Å². The lowest BCUT2D eigenvalue weighted by molar-refractivity contribution is -0.139. The third kappa shape index (κ3) is 7.91. The summed E-state index contributed by atoms with van der Waals surface area (Å²) in [5, 5.41) is 12.5. The Kier molecular flexibility index (Phi) is 11.5. The number of aliphatic carboxylic acids is 1. The Balaban J connectivity index is 1.62. The molecule has 2 aliphatic rings. The molecular formula is C34H48N2O3S. The molecule has 1 aliphatic carbocycles. The zero-order valence-electron chi connectivity index (χ0n) is 24.7. The second-order valence-corrected chi connectivity index (χ2v) is 12.9. The summed E-state index contributed by atoms with van der Waals surface area (Å²) >= 11 is 1.58. The SMILES string of the molecule is CCC[C@@H]1CC[C@@H](CC2CCCCC2)N1Cc1ccc(C(=O)N[C@@H](CCSC)C(=O)O)c(-c2ccccc2C)c1. The van der Waals surface area contributed by atoms with E-state index in [0.717, 1.165) is 29.2 Å². The molecule has 0 aromatic heterocycles. The van der Waals surface area contributed by atoms with Crippen LogP contribution >= 0.6 is 11.8 Å². The van der Waals surface area contributed by atoms with Crippen LogP contribution in [0.15, 0.2) is 42.5 Å². The molecule has 5 nitrogen and oxygen atoms in total. The second-order valence-electron chi connectivity index (χ2n) is 11.9. The molecule has 0 unspecified atom stereocenters. The molecule has 1 saturated carbocycles. The van der Waals surface area contributed by atoms with Gasteiger partial charge in [0.25, 0.3) is 5.91 Å². The van der Waals surface area contributed by atoms with E-state index in [9.17, 15) is 14.7 Å². The van der Waals surface area contributed by atoms with E-state index in [1.165, 1.54) is 69.8 Å². The number of carbonyl (C=O) groups excluding carboxylic acids is 1. The summed E-state index contributed by atoms with van der Waals surface area (Å²) in [6, 6.07) is 14.7. The standard InChI is InChI=1S/C34H48N2O3S/c1-4-10-27-16-17-28(21-25-12-6-5-7-13-25)36(27)23-26-15-18-30(31(22-26)29-14-9-8-11-24(29)2)33(37)35-32(34(38)39)19-20-40-3/h8-9,11,14-15,18,22,25,27-28,32H,4-7,10,12-13,16-17,19-21,23H2,1-3H3,(H,35,37)(H,38,39)/t27-,28+,32+/m1/s1. The van der Waals surface area contributed by atoms with Crippen molar-refractivity contribution in [1.29, 1.82) is 0 Å². The average molecular weight is 565 g/mol. The molecule has 0 radical (unpaired) electrons. The quantitative estimate of drug-likeness (QED) is 0.261. The highest BCUT2D eigenvalue weighted by molar-refractivity contribution is 7.98. The van der Waals surface area contributed by atoms with E-state index >= 15 is 0 Å². The van der Waals surface area contributed by atoms with Crippen molar-refractivity contribution in [2.24, 2.45) is 5.92 Å². The number of nitrogens with zero attached hydrogens (tertiary/aromatic N) is 1. The molecule has 6 heteroatoms. The summed E-state index contributed by atoms with van der Waals surface area (Å²) in [5.41, 5.74) is 4.78. The van der Waals surface area contributed by atoms with Crippen molar-refractivity contribution in [3.63, 3.8) is 0 Å². The zero-order valence-corrected chi connectivity index (χ0v) is 25.5. The minimum absolute atomic E-state index is 0.321. The first-order valence-corrected chi connectivity index (χ1v) is 16.8. The number of likely N-dealkylation sites (tertiary alicyclic amines) is 1. The predicted molar refractivity (Wildman–Crippen MR) is 167 cm³/mol. The van der Waals surface area contributed by atoms with Gasteiger partial charge in [-0.15, -0.1) is 0 Å². The fourth-order valence-electron chi connectivity index (χ4n) is 6.90. The smallest absolute Gasteiger partial charge is 0.326 e. The molecule has 1 amide bonds. The summed E-state index contributed by atoms with van der Waals surface area (Å²) in [5.74, 6) is 0.232. The topological polar surface area (TPSA) is 69.6 Å². The Bertz CT molecular complexity index is 1130. The maximum atomic E-state index is 13.5. The van der Waals surface area contributed by atoms with Crippen molar-refractivity contribution in [2.75, 3.05) is 12.0 Å². The lowest BCUT2D eigenvalue weighted by atomic mass is 9.84. The minimum Gasteiger partial charge on any atom is -0.480 e. The highest BCUT2D eigenvalue weighted by Crippen LogP contribution is 2.37. The third-order valence-corrected chi connectivity index (χ3v) is 9.71. The lowest BCUT2D eigenvalue weighted by Crippen LogP contribution is -2.41. The third-order valence-electron chi connectivity index (χ3n) is 9.07. The van der Waals surface area contributed by atoms with Crippen LogP contribution in [0.25, 0.3) is 11.1 Å². The molecule has 0 bridgehead atoms. The van der Waals surface area contributed by atoms with Crippen LogP contribution in [0.4, 0.5) is 0 Å². The monoisotopic (exact) mass is 564 g/mol. The lowest BCUT2D eigenvalue weighted by Gasteiger charge is -2.34. The van der Waals surface area contributed by atoms with Crippen LogP contribution < -0.4 is 5.32 Å². The molecule has 1 aliphatic heterocycles. The van der Waals surface area contributed by atoms with E-state index in [1.807, 2.05) is 24.5 Å². The van der Waals surface area contributed by atoms with Crippen molar-refractivity contribution in [1.82, 2.24) is 10.2 Å². The summed E-state index contributed by atoms with van der Waals surface area (Å²) in [6.45, 7) is 5.26. The van der Waals surface area contributed by atoms with E-state index in [-0.39, 0.29) is 5.91 Å². The molecule has 2 fully saturated rings. The summed E-state index contributed by atoms with van der Waals surface area (Å²) < 4.78 is 0. The average Bonchev–Trinajstić information content (AvgIpc) is 3.32. The number of rotatable bonds is 13. The van der Waals surface area contributed by atoms with E-state index < -0.39 is 12.0 Å². The van der Waals surface area contributed by atoms with Gasteiger partial charge in [0.1, 0.15) is 6.04 Å². The van der Waals surface area contributed by atoms with E-state index in [4.69, 9.17) is 0 Å². The number of nitrogens with one attached hydrogen (secondary N) is 1. The maximum absolute atomic E-state index is 13.5. The fourth-order valence-corrected chi connectivity index (χ4v) is 7.37. The largest absolute Gasteiger partial charge is 0.480 e. The van der Waals surface area contributed by atoms with Gasteiger partial charge in [-0.3, -0.25) is 9.69 Å². The van der Waals surface area contributed by atoms with Crippen molar-refractivity contribution in [2.45, 2.75) is 109 Å². The maximum Gasteiger partial charge on any atom is 0.326 e. The number of benzene rings is 2. The first-order chi connectivity index (χ1) is 19.4. The molecule has 2 aromatic carbocycles. The van der Waals surface area contributed by atoms with Gasteiger partial charge in [-0.2, -0.15) is 11.8 Å². The minimum atomic E-state index is -0.989. The van der Waals surface area contributed by atoms with Crippen LogP contribution in [-0.4, -0.2) is 52.0 Å². The number of thioether (sulfide) groups is 1. The van der Waals surface area contributed by atoms with Gasteiger partial charge in [0, 0.05) is 24.2 Å². The highest BCUT2D eigenvalue weighted by Gasteiger charge is 2.34. The number of carboxylic acid groups (broad SMARTS) is 1. The van der Waals surface area contributed by atoms with Gasteiger partial charge in [0.05, 0.1) is 0 Å². The molecular weight excluding hydrogens is 516 g/mol. The van der Waals surface area contributed by atoms with Crippen LogP contribution in [0, 0.1) is 12.8 Å². The van der Waals surface area contributed by atoms with Crippen molar-refractivity contribution in [3.05, 3.63) is 59.2 Å². The highest BCUT2D eigenvalue weighted by atomic mass is 32.2. The van der Waals surface area contributed by atoms with E-state index in [1.54, 1.807) is 11.8 Å². The molecule has 218 valence electrons. The molecule has 1 heterocycles. The molecule has 1 saturated heterocycles. The van der Waals surface area contributed by atoms with Gasteiger partial charge in [-0.1, -0.05) is 75.8 Å². The normalized spacial score (nSPS) is 20.9. The number of hydrogen-bond donors (Lipinski definition) is 2. The van der Waals surface area contributed by atoms with Crippen LogP contribution in [0.2, 0.25) is 0 Å². The van der Waals surface area contributed by atoms with Gasteiger partial charge in [-0.05, 0) is 91.3 Å². The van der Waals surface area contributed by atoms with Crippen LogP contribution in [0.3, 0.4) is 0 Å². The molecule has 4 rings (SSSR count). The number of carbonyl (C=O) groups is 2. The van der Waals surface area contributed by atoms with E-state index in [2.05, 4.69) is 48.3 Å². The Labute approximate surface area is 245 Å². The number of amides is 1. The Morgan fingerprint density at radius 2 is 1.77 bits per heavy atom. The second kappa shape index (κ2) is 15.1. The summed E-state index contributed by atoms with van der Waals surface area (Å²) in [4.78, 5) is 28.1. The fraction of sp³-hybridized carbons (Fsp3) is 0.588. The van der Waals surface area contributed by atoms with Gasteiger partial charge in [0.2, 0.25) is 0 Å². The Morgan fingerprint density at radius 3 is 2.48 bits per heavy atom. The molecule has 2 N–H and O–H groups in total. The van der Waals surface area contributed by atoms with Gasteiger partial charge in [0.15, 0.2) is 0 Å². The van der Waals surface area contributed by atoms with Crippen molar-refractivity contribution < 1.29 is 14.7 Å². The number of aryl methyl sites for hydroxylation is 1. The van der Waals surface area contributed by atoms with Crippen molar-refractivity contribution in [3.8, 4) is 11.1 Å². The van der Waals surface area contributed by atoms with Crippen LogP contribution in [-0.2, 0) is 11.3 Å². The van der Waals surface area contributed by atoms with Crippen LogP contribution in [0.1, 0.15) is 99.0 Å². The summed E-state index contributed by atoms with van der Waals surface area (Å²) in [7, 11) is 0. The van der Waals surface area contributed by atoms with E-state index in [0.29, 0.717) is 29.8 Å². The molecule has 2 aromatic rings. The first-order valence-electron chi connectivity index (χ1n) is 15.4.